The molecule has 1 amide bonds. The van der Waals surface area contributed by atoms with Crippen molar-refractivity contribution in [1.29, 1.82) is 0 Å². The maximum atomic E-state index is 13.6. The van der Waals surface area contributed by atoms with Crippen molar-refractivity contribution in [3.8, 4) is 5.75 Å². The molecule has 3 rings (SSSR count). The Morgan fingerprint density at radius 1 is 1.00 bits per heavy atom. The maximum absolute atomic E-state index is 13.6. The number of nitrogens with zero attached hydrogens (tertiary/aromatic N) is 1. The number of ether oxygens (including phenoxy) is 1. The largest absolute Gasteiger partial charge is 0.497 e. The first-order valence-corrected chi connectivity index (χ1v) is 11.9. The van der Waals surface area contributed by atoms with Crippen LogP contribution in [0.5, 0.6) is 5.75 Å². The summed E-state index contributed by atoms with van der Waals surface area (Å²) < 4.78 is 33.4. The van der Waals surface area contributed by atoms with Gasteiger partial charge in [0, 0.05) is 12.6 Å². The number of sulfonamides is 1. The van der Waals surface area contributed by atoms with E-state index in [1.54, 1.807) is 49.4 Å². The number of amides is 1. The maximum Gasteiger partial charge on any atom is 0.335 e. The fourth-order valence-electron chi connectivity index (χ4n) is 3.32. The zero-order valence-electron chi connectivity index (χ0n) is 19.1. The molecule has 0 saturated carbocycles. The normalized spacial score (nSPS) is 11.0. The van der Waals surface area contributed by atoms with Gasteiger partial charge < -0.3 is 15.2 Å². The molecule has 0 spiro atoms. The van der Waals surface area contributed by atoms with E-state index in [1.807, 2.05) is 6.92 Å². The van der Waals surface area contributed by atoms with Crippen LogP contribution in [0, 0.1) is 13.8 Å². The smallest absolute Gasteiger partial charge is 0.335 e. The van der Waals surface area contributed by atoms with Gasteiger partial charge in [-0.15, -0.1) is 0 Å². The summed E-state index contributed by atoms with van der Waals surface area (Å²) >= 11 is 0. The molecule has 0 saturated heterocycles. The minimum Gasteiger partial charge on any atom is -0.497 e. The first-order chi connectivity index (χ1) is 16.1. The number of anilines is 1. The van der Waals surface area contributed by atoms with Crippen molar-refractivity contribution in [2.45, 2.75) is 25.3 Å². The van der Waals surface area contributed by atoms with Gasteiger partial charge >= 0.3 is 5.97 Å². The fourth-order valence-corrected chi connectivity index (χ4v) is 4.80. The van der Waals surface area contributed by atoms with Gasteiger partial charge in [0.25, 0.3) is 10.0 Å². The molecule has 3 aromatic rings. The third-order valence-corrected chi connectivity index (χ3v) is 7.02. The minimum atomic E-state index is -4.08. The first-order valence-electron chi connectivity index (χ1n) is 10.4. The van der Waals surface area contributed by atoms with Crippen molar-refractivity contribution in [1.82, 2.24) is 5.32 Å². The van der Waals surface area contributed by atoms with E-state index in [1.165, 1.54) is 31.4 Å². The third-order valence-electron chi connectivity index (χ3n) is 5.24. The molecule has 0 aromatic heterocycles. The number of hydrogen-bond acceptors (Lipinski definition) is 5. The molecule has 0 bridgehead atoms. The SMILES string of the molecule is COc1ccc(C)c(N(CC(=O)NCc2cccc(C(=O)O)c2)S(=O)(=O)c2ccc(C)cc2)c1. The van der Waals surface area contributed by atoms with Gasteiger partial charge in [0.1, 0.15) is 12.3 Å². The summed E-state index contributed by atoms with van der Waals surface area (Å²) in [5.74, 6) is -1.16. The van der Waals surface area contributed by atoms with Gasteiger partial charge in [0.2, 0.25) is 5.91 Å². The summed E-state index contributed by atoms with van der Waals surface area (Å²) in [4.78, 5) is 24.1. The molecule has 8 nitrogen and oxygen atoms in total. The van der Waals surface area contributed by atoms with E-state index in [2.05, 4.69) is 5.32 Å². The number of nitrogens with one attached hydrogen (secondary N) is 1. The molecule has 0 fully saturated rings. The lowest BCUT2D eigenvalue weighted by Crippen LogP contribution is -2.41. The summed E-state index contributed by atoms with van der Waals surface area (Å²) in [7, 11) is -2.60. The van der Waals surface area contributed by atoms with Crippen molar-refractivity contribution in [3.63, 3.8) is 0 Å². The molecule has 0 aliphatic carbocycles. The number of benzene rings is 3. The van der Waals surface area contributed by atoms with Crippen LogP contribution in [0.2, 0.25) is 0 Å². The second-order valence-corrected chi connectivity index (χ2v) is 9.62. The summed E-state index contributed by atoms with van der Waals surface area (Å²) in [5, 5.41) is 11.8. The molecule has 0 radical (unpaired) electrons. The predicted octanol–water partition coefficient (Wildman–Crippen LogP) is 3.52. The molecular weight excluding hydrogens is 456 g/mol. The van der Waals surface area contributed by atoms with Crippen molar-refractivity contribution in [2.24, 2.45) is 0 Å². The van der Waals surface area contributed by atoms with Gasteiger partial charge in [-0.1, -0.05) is 35.9 Å². The molecule has 0 atom stereocenters. The Bertz CT molecular complexity index is 1300. The number of aromatic carboxylic acids is 1. The second-order valence-electron chi connectivity index (χ2n) is 7.76. The molecule has 0 aliphatic heterocycles. The van der Waals surface area contributed by atoms with E-state index in [0.717, 1.165) is 9.87 Å². The van der Waals surface area contributed by atoms with Crippen LogP contribution in [0.3, 0.4) is 0 Å². The van der Waals surface area contributed by atoms with Crippen LogP contribution < -0.4 is 14.4 Å². The highest BCUT2D eigenvalue weighted by molar-refractivity contribution is 7.92. The average molecular weight is 483 g/mol. The average Bonchev–Trinajstić information content (AvgIpc) is 2.82. The number of carbonyl (C=O) groups excluding carboxylic acids is 1. The van der Waals surface area contributed by atoms with Crippen molar-refractivity contribution in [3.05, 3.63) is 89.0 Å². The quantitative estimate of drug-likeness (QED) is 0.483. The zero-order chi connectivity index (χ0) is 24.9. The van der Waals surface area contributed by atoms with Crippen LogP contribution in [0.1, 0.15) is 27.0 Å². The van der Waals surface area contributed by atoms with Gasteiger partial charge in [-0.2, -0.15) is 0 Å². The molecule has 0 aliphatic rings. The molecule has 34 heavy (non-hydrogen) atoms. The number of carboxylic acids is 1. The molecule has 0 unspecified atom stereocenters. The zero-order valence-corrected chi connectivity index (χ0v) is 19.9. The van der Waals surface area contributed by atoms with Crippen molar-refractivity contribution in [2.75, 3.05) is 18.0 Å². The molecule has 3 aromatic carbocycles. The topological polar surface area (TPSA) is 113 Å². The van der Waals surface area contributed by atoms with Crippen LogP contribution in [-0.2, 0) is 21.4 Å². The van der Waals surface area contributed by atoms with E-state index in [4.69, 9.17) is 9.84 Å². The number of methoxy groups -OCH3 is 1. The first kappa shape index (κ1) is 24.8. The molecule has 178 valence electrons. The molecular formula is C25H26N2O6S. The van der Waals surface area contributed by atoms with Crippen LogP contribution in [0.4, 0.5) is 5.69 Å². The number of hydrogen-bond donors (Lipinski definition) is 2. The Balaban J connectivity index is 1.91. The Morgan fingerprint density at radius 3 is 2.35 bits per heavy atom. The summed E-state index contributed by atoms with van der Waals surface area (Å²) in [5.41, 5.74) is 2.56. The molecule has 0 heterocycles. The van der Waals surface area contributed by atoms with E-state index in [9.17, 15) is 18.0 Å². The highest BCUT2D eigenvalue weighted by Gasteiger charge is 2.28. The monoisotopic (exact) mass is 482 g/mol. The fraction of sp³-hybridized carbons (Fsp3) is 0.200. The second kappa shape index (κ2) is 10.4. The summed E-state index contributed by atoms with van der Waals surface area (Å²) in [6, 6.07) is 17.6. The standard InChI is InChI=1S/C25H26N2O6S/c1-17-7-11-22(12-8-17)34(31,32)27(23-14-21(33-3)10-9-18(23)2)16-24(28)26-15-19-5-4-6-20(13-19)25(29)30/h4-14H,15-16H2,1-3H3,(H,26,28)(H,29,30). The Labute approximate surface area is 198 Å². The number of carboxylic acid groups (broad SMARTS) is 1. The van der Waals surface area contributed by atoms with Gasteiger partial charge in [-0.3, -0.25) is 9.10 Å². The van der Waals surface area contributed by atoms with E-state index < -0.39 is 28.4 Å². The van der Waals surface area contributed by atoms with Gasteiger partial charge in [-0.25, -0.2) is 13.2 Å². The molecule has 9 heteroatoms. The highest BCUT2D eigenvalue weighted by Crippen LogP contribution is 2.30. The number of carbonyl (C=O) groups is 2. The van der Waals surface area contributed by atoms with Crippen molar-refractivity contribution >= 4 is 27.6 Å². The highest BCUT2D eigenvalue weighted by atomic mass is 32.2. The number of aryl methyl sites for hydroxylation is 2. The Kier molecular flexibility index (Phi) is 7.57. The van der Waals surface area contributed by atoms with Crippen LogP contribution >= 0.6 is 0 Å². The van der Waals surface area contributed by atoms with Crippen LogP contribution in [0.25, 0.3) is 0 Å². The third kappa shape index (κ3) is 5.74. The molecule has 2 N–H and O–H groups in total. The summed E-state index contributed by atoms with van der Waals surface area (Å²) in [6.45, 7) is 3.19. The van der Waals surface area contributed by atoms with Crippen LogP contribution in [0.15, 0.2) is 71.6 Å². The van der Waals surface area contributed by atoms with Gasteiger partial charge in [0.05, 0.1) is 23.3 Å². The summed E-state index contributed by atoms with van der Waals surface area (Å²) in [6.07, 6.45) is 0. The van der Waals surface area contributed by atoms with Gasteiger partial charge in [-0.05, 0) is 55.3 Å². The number of rotatable bonds is 9. The minimum absolute atomic E-state index is 0.0511. The Hall–Kier alpha value is -3.85. The predicted molar refractivity (Wildman–Crippen MR) is 129 cm³/mol. The Morgan fingerprint density at radius 2 is 1.71 bits per heavy atom. The van der Waals surface area contributed by atoms with Crippen molar-refractivity contribution < 1.29 is 27.9 Å². The van der Waals surface area contributed by atoms with E-state index in [-0.39, 0.29) is 17.0 Å². The lowest BCUT2D eigenvalue weighted by Gasteiger charge is -2.26. The van der Waals surface area contributed by atoms with E-state index >= 15 is 0 Å². The van der Waals surface area contributed by atoms with Gasteiger partial charge in [0.15, 0.2) is 0 Å². The lowest BCUT2D eigenvalue weighted by molar-refractivity contribution is -0.119. The van der Waals surface area contributed by atoms with Crippen LogP contribution in [-0.4, -0.2) is 39.1 Å². The van der Waals surface area contributed by atoms with E-state index in [0.29, 0.717) is 22.6 Å². The lowest BCUT2D eigenvalue weighted by atomic mass is 10.1.